The van der Waals surface area contributed by atoms with Crippen LogP contribution in [0.25, 0.3) is 11.8 Å². The summed E-state index contributed by atoms with van der Waals surface area (Å²) in [6.45, 7) is 4.26. The van der Waals surface area contributed by atoms with E-state index >= 15 is 0 Å². The molecule has 4 aromatic rings. The number of rotatable bonds is 7. The number of nitrogen functional groups attached to an aromatic ring is 1. The van der Waals surface area contributed by atoms with Crippen LogP contribution in [0.15, 0.2) is 72.4 Å². The second-order valence-corrected chi connectivity index (χ2v) is 10.2. The molecule has 6 rings (SSSR count). The average Bonchev–Trinajstić information content (AvgIpc) is 3.57. The number of fused-ring (bicyclic) bond motifs is 1. The van der Waals surface area contributed by atoms with Gasteiger partial charge >= 0.3 is 0 Å². The Balaban J connectivity index is 1.17. The number of nitrogens with zero attached hydrogens (tertiary/aromatic N) is 4. The molecule has 2 aliphatic rings. The fraction of sp³-hybridized carbons (Fsp3) is 0.194. The molecule has 40 heavy (non-hydrogen) atoms. The third-order valence-electron chi connectivity index (χ3n) is 7.12. The Labute approximate surface area is 236 Å². The van der Waals surface area contributed by atoms with E-state index in [-0.39, 0.29) is 11.6 Å². The fourth-order valence-electron chi connectivity index (χ4n) is 5.04. The Morgan fingerprint density at radius 2 is 1.93 bits per heavy atom. The molecule has 1 aliphatic heterocycles. The first-order valence-electron chi connectivity index (χ1n) is 13.0. The van der Waals surface area contributed by atoms with Gasteiger partial charge in [0.2, 0.25) is 0 Å². The van der Waals surface area contributed by atoms with Crippen LogP contribution in [-0.2, 0) is 17.7 Å². The third-order valence-corrected chi connectivity index (χ3v) is 7.42. The molecule has 9 heteroatoms. The first kappa shape index (κ1) is 25.8. The van der Waals surface area contributed by atoms with Crippen LogP contribution in [0, 0.1) is 11.3 Å². The Morgan fingerprint density at radius 1 is 1.10 bits per heavy atom. The lowest BCUT2D eigenvalue weighted by Gasteiger charge is -2.26. The van der Waals surface area contributed by atoms with E-state index in [0.29, 0.717) is 45.3 Å². The number of hydrogen-bond donors (Lipinski definition) is 1. The first-order valence-corrected chi connectivity index (χ1v) is 13.3. The summed E-state index contributed by atoms with van der Waals surface area (Å²) in [5, 5.41) is 13.8. The van der Waals surface area contributed by atoms with Gasteiger partial charge in [-0.25, -0.2) is 4.68 Å². The number of anilines is 1. The Morgan fingerprint density at radius 3 is 2.73 bits per heavy atom. The number of ether oxygens (including phenoxy) is 2. The van der Waals surface area contributed by atoms with Crippen LogP contribution < -0.4 is 10.5 Å². The van der Waals surface area contributed by atoms with E-state index in [2.05, 4.69) is 34.3 Å². The highest BCUT2D eigenvalue weighted by Gasteiger charge is 2.25. The van der Waals surface area contributed by atoms with E-state index in [1.165, 1.54) is 16.4 Å². The molecule has 1 aliphatic carbocycles. The molecular weight excluding hydrogens is 526 g/mol. The maximum Gasteiger partial charge on any atom is 0.194 e. The lowest BCUT2D eigenvalue weighted by atomic mass is 10.0. The summed E-state index contributed by atoms with van der Waals surface area (Å²) in [6.07, 6.45) is 3.97. The maximum absolute atomic E-state index is 13.5. The van der Waals surface area contributed by atoms with Crippen molar-refractivity contribution in [3.8, 4) is 23.3 Å². The second-order valence-electron chi connectivity index (χ2n) is 9.81. The van der Waals surface area contributed by atoms with Crippen LogP contribution in [0.5, 0.6) is 11.5 Å². The summed E-state index contributed by atoms with van der Waals surface area (Å²) in [5.74, 6) is 1.08. The van der Waals surface area contributed by atoms with Gasteiger partial charge in [-0.2, -0.15) is 10.4 Å². The second kappa shape index (κ2) is 11.0. The standard InChI is InChI=1S/C31H26ClN5O3/c32-28-16-26(40-25-3-1-2-20(13-25)17-33)6-7-29(28)37-31(34)27(18-35-37)30(38)24-14-22-5-4-21(12-23(22)15-24)19-36-8-10-39-11-9-36/h1-7,12-14,16,18H,8-11,15,19,34H2. The number of nitrogens with two attached hydrogens (primary N) is 1. The molecule has 3 aromatic carbocycles. The van der Waals surface area contributed by atoms with E-state index in [1.807, 2.05) is 6.08 Å². The van der Waals surface area contributed by atoms with Crippen molar-refractivity contribution < 1.29 is 14.3 Å². The minimum atomic E-state index is -0.150. The SMILES string of the molecule is N#Cc1cccc(Oc2ccc(-n3ncc(C(=O)C4=Cc5ccc(CN6CCOCC6)cc5C4)c3N)c(Cl)c2)c1. The summed E-state index contributed by atoms with van der Waals surface area (Å²) in [6, 6.07) is 20.4. The minimum absolute atomic E-state index is 0.150. The molecule has 2 N–H and O–H groups in total. The summed E-state index contributed by atoms with van der Waals surface area (Å²) >= 11 is 6.57. The zero-order valence-electron chi connectivity index (χ0n) is 21.6. The van der Waals surface area contributed by atoms with Gasteiger partial charge in [-0.1, -0.05) is 35.9 Å². The highest BCUT2D eigenvalue weighted by molar-refractivity contribution is 6.32. The highest BCUT2D eigenvalue weighted by atomic mass is 35.5. The molecule has 1 saturated heterocycles. The minimum Gasteiger partial charge on any atom is -0.457 e. The van der Waals surface area contributed by atoms with Crippen molar-refractivity contribution in [1.82, 2.24) is 14.7 Å². The molecule has 0 amide bonds. The number of Topliss-reactive ketones (excluding diaryl/α,β-unsaturated/α-hetero) is 1. The topological polar surface area (TPSA) is 106 Å². The highest BCUT2D eigenvalue weighted by Crippen LogP contribution is 2.33. The van der Waals surface area contributed by atoms with E-state index in [9.17, 15) is 4.79 Å². The molecule has 0 bridgehead atoms. The number of carbonyl (C=O) groups is 1. The molecule has 8 nitrogen and oxygen atoms in total. The number of carbonyl (C=O) groups excluding carboxylic acids is 1. The lowest BCUT2D eigenvalue weighted by Crippen LogP contribution is -2.35. The van der Waals surface area contributed by atoms with Gasteiger partial charge in [-0.15, -0.1) is 0 Å². The van der Waals surface area contributed by atoms with Crippen LogP contribution in [0.4, 0.5) is 5.82 Å². The molecule has 1 aromatic heterocycles. The van der Waals surface area contributed by atoms with Crippen molar-refractivity contribution in [2.24, 2.45) is 0 Å². The number of hydrogen-bond acceptors (Lipinski definition) is 7. The maximum atomic E-state index is 13.5. The Kier molecular flexibility index (Phi) is 7.10. The van der Waals surface area contributed by atoms with E-state index in [4.69, 9.17) is 32.1 Å². The molecule has 2 heterocycles. The fourth-order valence-corrected chi connectivity index (χ4v) is 5.30. The van der Waals surface area contributed by atoms with Crippen molar-refractivity contribution in [2.75, 3.05) is 32.0 Å². The predicted molar refractivity (Wildman–Crippen MR) is 153 cm³/mol. The monoisotopic (exact) mass is 551 g/mol. The van der Waals surface area contributed by atoms with Crippen LogP contribution >= 0.6 is 11.6 Å². The molecule has 0 unspecified atom stereocenters. The van der Waals surface area contributed by atoms with E-state index in [1.54, 1.807) is 42.5 Å². The quantitative estimate of drug-likeness (QED) is 0.305. The number of benzene rings is 3. The summed E-state index contributed by atoms with van der Waals surface area (Å²) in [7, 11) is 0. The number of aromatic nitrogens is 2. The Hall–Kier alpha value is -4.42. The van der Waals surface area contributed by atoms with Crippen LogP contribution in [0.2, 0.25) is 5.02 Å². The van der Waals surface area contributed by atoms with Gasteiger partial charge in [-0.3, -0.25) is 9.69 Å². The van der Waals surface area contributed by atoms with Gasteiger partial charge in [0.05, 0.1) is 47.3 Å². The summed E-state index contributed by atoms with van der Waals surface area (Å²) < 4.78 is 12.8. The lowest BCUT2D eigenvalue weighted by molar-refractivity contribution is 0.0342. The van der Waals surface area contributed by atoms with Crippen LogP contribution in [0.1, 0.15) is 32.6 Å². The zero-order chi connectivity index (χ0) is 27.6. The molecule has 0 saturated carbocycles. The summed E-state index contributed by atoms with van der Waals surface area (Å²) in [5.41, 5.74) is 11.9. The normalized spacial score (nSPS) is 14.8. The van der Waals surface area contributed by atoms with Crippen molar-refractivity contribution in [2.45, 2.75) is 13.0 Å². The third kappa shape index (κ3) is 5.23. The number of halogens is 1. The van der Waals surface area contributed by atoms with E-state index in [0.717, 1.165) is 44.0 Å². The van der Waals surface area contributed by atoms with Gasteiger partial charge in [0.1, 0.15) is 17.3 Å². The molecular formula is C31H26ClN5O3. The van der Waals surface area contributed by atoms with Gasteiger partial charge in [0, 0.05) is 37.7 Å². The molecule has 0 radical (unpaired) electrons. The molecule has 200 valence electrons. The molecule has 1 fully saturated rings. The number of ketones is 1. The number of allylic oxidation sites excluding steroid dienone is 1. The average molecular weight is 552 g/mol. The van der Waals surface area contributed by atoms with Crippen molar-refractivity contribution in [3.05, 3.63) is 105 Å². The van der Waals surface area contributed by atoms with Crippen LogP contribution in [-0.4, -0.2) is 46.8 Å². The smallest absolute Gasteiger partial charge is 0.194 e. The summed E-state index contributed by atoms with van der Waals surface area (Å²) in [4.78, 5) is 15.9. The largest absolute Gasteiger partial charge is 0.457 e. The van der Waals surface area contributed by atoms with E-state index < -0.39 is 0 Å². The van der Waals surface area contributed by atoms with Crippen LogP contribution in [0.3, 0.4) is 0 Å². The number of nitriles is 1. The van der Waals surface area contributed by atoms with Gasteiger partial charge < -0.3 is 15.2 Å². The van der Waals surface area contributed by atoms with Gasteiger partial charge in [-0.05, 0) is 53.1 Å². The van der Waals surface area contributed by atoms with Gasteiger partial charge in [0.15, 0.2) is 5.78 Å². The zero-order valence-corrected chi connectivity index (χ0v) is 22.4. The first-order chi connectivity index (χ1) is 19.5. The predicted octanol–water partition coefficient (Wildman–Crippen LogP) is 5.43. The molecule has 0 spiro atoms. The van der Waals surface area contributed by atoms with Crippen molar-refractivity contribution >= 4 is 29.3 Å². The van der Waals surface area contributed by atoms with Crippen molar-refractivity contribution in [3.63, 3.8) is 0 Å². The molecule has 0 atom stereocenters. The van der Waals surface area contributed by atoms with Crippen molar-refractivity contribution in [1.29, 1.82) is 5.26 Å². The van der Waals surface area contributed by atoms with Gasteiger partial charge in [0.25, 0.3) is 0 Å². The number of morpholine rings is 1. The Bertz CT molecular complexity index is 1680.